The molecule has 2 aromatic rings. The van der Waals surface area contributed by atoms with Crippen molar-refractivity contribution in [3.63, 3.8) is 0 Å². The Morgan fingerprint density at radius 1 is 1.17 bits per heavy atom. The molecule has 0 aliphatic carbocycles. The fourth-order valence-electron chi connectivity index (χ4n) is 3.34. The molecule has 0 bridgehead atoms. The third-order valence-electron chi connectivity index (χ3n) is 5.37. The summed E-state index contributed by atoms with van der Waals surface area (Å²) in [6.45, 7) is 5.24. The number of benzene rings is 2. The standard InChI is InChI=1S/C26H31ClFNO6/c1-6-35-26(32)19(13-29-21(14-30)15(2)3)25(31)18-11-17(22(33-4)12-23(18)34-5)10-16-8-7-9-20(27)24(16)28/h7-9,11-13,15,21,30-31H,6,10,14H2,1-5H3/t21-/m1/s1. The lowest BCUT2D eigenvalue weighted by atomic mass is 9.98. The lowest BCUT2D eigenvalue weighted by molar-refractivity contribution is -0.137. The van der Waals surface area contributed by atoms with E-state index < -0.39 is 23.6 Å². The monoisotopic (exact) mass is 507 g/mol. The van der Waals surface area contributed by atoms with Gasteiger partial charge in [0.15, 0.2) is 0 Å². The van der Waals surface area contributed by atoms with Crippen LogP contribution in [0.2, 0.25) is 5.02 Å². The summed E-state index contributed by atoms with van der Waals surface area (Å²) in [5.74, 6) is -1.20. The Morgan fingerprint density at radius 2 is 1.86 bits per heavy atom. The first-order chi connectivity index (χ1) is 16.7. The molecule has 0 amide bonds. The van der Waals surface area contributed by atoms with Crippen molar-refractivity contribution >= 4 is 29.5 Å². The Bertz CT molecular complexity index is 1100. The van der Waals surface area contributed by atoms with Gasteiger partial charge in [0.05, 0.1) is 44.1 Å². The first-order valence-electron chi connectivity index (χ1n) is 11.1. The average Bonchev–Trinajstić information content (AvgIpc) is 2.83. The largest absolute Gasteiger partial charge is 0.506 e. The van der Waals surface area contributed by atoms with E-state index in [0.29, 0.717) is 16.9 Å². The number of hydrogen-bond acceptors (Lipinski definition) is 7. The number of aliphatic hydroxyl groups is 2. The van der Waals surface area contributed by atoms with E-state index in [1.807, 2.05) is 13.8 Å². The molecule has 0 heterocycles. The van der Waals surface area contributed by atoms with Crippen LogP contribution in [0.25, 0.3) is 5.76 Å². The quantitative estimate of drug-likeness (QED) is 0.192. The highest BCUT2D eigenvalue weighted by Crippen LogP contribution is 2.35. The molecule has 0 fully saturated rings. The number of ether oxygens (including phenoxy) is 3. The van der Waals surface area contributed by atoms with Gasteiger partial charge in [-0.3, -0.25) is 4.99 Å². The van der Waals surface area contributed by atoms with Gasteiger partial charge in [0.1, 0.15) is 28.6 Å². The van der Waals surface area contributed by atoms with Crippen LogP contribution in [0.3, 0.4) is 0 Å². The molecular formula is C26H31ClFNO6. The molecule has 9 heteroatoms. The zero-order valence-corrected chi connectivity index (χ0v) is 21.2. The summed E-state index contributed by atoms with van der Waals surface area (Å²) in [6.07, 6.45) is 1.29. The summed E-state index contributed by atoms with van der Waals surface area (Å²) in [5.41, 5.74) is 0.788. The number of aliphatic hydroxyl groups excluding tert-OH is 2. The van der Waals surface area contributed by atoms with Crippen LogP contribution in [0.5, 0.6) is 11.5 Å². The van der Waals surface area contributed by atoms with Gasteiger partial charge in [-0.1, -0.05) is 37.6 Å². The van der Waals surface area contributed by atoms with Crippen LogP contribution in [0.1, 0.15) is 37.5 Å². The van der Waals surface area contributed by atoms with Crippen LogP contribution in [-0.2, 0) is 16.0 Å². The van der Waals surface area contributed by atoms with Crippen LogP contribution in [-0.4, -0.2) is 55.9 Å². The maximum absolute atomic E-state index is 14.6. The zero-order chi connectivity index (χ0) is 26.1. The van der Waals surface area contributed by atoms with Gasteiger partial charge in [-0.2, -0.15) is 0 Å². The molecule has 2 rings (SSSR count). The second-order valence-corrected chi connectivity index (χ2v) is 8.42. The van der Waals surface area contributed by atoms with Crippen LogP contribution in [0.15, 0.2) is 40.9 Å². The molecule has 1 atom stereocenters. The minimum atomic E-state index is -0.797. The Balaban J connectivity index is 2.69. The first-order valence-corrected chi connectivity index (χ1v) is 11.5. The Morgan fingerprint density at radius 3 is 2.43 bits per heavy atom. The minimum Gasteiger partial charge on any atom is -0.506 e. The number of hydrogen-bond donors (Lipinski definition) is 2. The van der Waals surface area contributed by atoms with Gasteiger partial charge in [0.2, 0.25) is 0 Å². The molecule has 0 saturated carbocycles. The van der Waals surface area contributed by atoms with E-state index in [4.69, 9.17) is 25.8 Å². The summed E-state index contributed by atoms with van der Waals surface area (Å²) in [6, 6.07) is 7.29. The number of carbonyl (C=O) groups is 1. The fourth-order valence-corrected chi connectivity index (χ4v) is 3.54. The molecule has 190 valence electrons. The van der Waals surface area contributed by atoms with E-state index in [1.54, 1.807) is 25.1 Å². The van der Waals surface area contributed by atoms with Crippen molar-refractivity contribution in [3.05, 3.63) is 63.4 Å². The molecule has 0 saturated heterocycles. The van der Waals surface area contributed by atoms with Crippen molar-refractivity contribution in [2.75, 3.05) is 27.4 Å². The highest BCUT2D eigenvalue weighted by molar-refractivity contribution is 6.30. The predicted octanol–water partition coefficient (Wildman–Crippen LogP) is 5.01. The molecule has 0 spiro atoms. The second kappa shape index (κ2) is 13.1. The SMILES string of the molecule is CCOC(=O)C(C=N[C@H](CO)C(C)C)=C(O)c1cc(Cc2cccc(Cl)c2F)c(OC)cc1OC. The van der Waals surface area contributed by atoms with Crippen molar-refractivity contribution < 1.29 is 33.6 Å². The molecule has 0 aliphatic heterocycles. The summed E-state index contributed by atoms with van der Waals surface area (Å²) < 4.78 is 30.6. The van der Waals surface area contributed by atoms with E-state index in [9.17, 15) is 19.4 Å². The van der Waals surface area contributed by atoms with E-state index in [1.165, 1.54) is 32.6 Å². The minimum absolute atomic E-state index is 0.00319. The number of carbonyl (C=O) groups excluding carboxylic acids is 1. The molecule has 2 aromatic carbocycles. The summed E-state index contributed by atoms with van der Waals surface area (Å²) in [5, 5.41) is 20.7. The highest BCUT2D eigenvalue weighted by atomic mass is 35.5. The van der Waals surface area contributed by atoms with Crippen LogP contribution in [0, 0.1) is 11.7 Å². The average molecular weight is 508 g/mol. The third kappa shape index (κ3) is 6.96. The lowest BCUT2D eigenvalue weighted by Crippen LogP contribution is -2.19. The van der Waals surface area contributed by atoms with Gasteiger partial charge in [0, 0.05) is 18.7 Å². The first kappa shape index (κ1) is 28.1. The van der Waals surface area contributed by atoms with Crippen LogP contribution < -0.4 is 9.47 Å². The van der Waals surface area contributed by atoms with Crippen molar-refractivity contribution in [3.8, 4) is 11.5 Å². The van der Waals surface area contributed by atoms with Crippen molar-refractivity contribution in [1.82, 2.24) is 0 Å². The Hall–Kier alpha value is -3.10. The van der Waals surface area contributed by atoms with Gasteiger partial charge in [-0.25, -0.2) is 9.18 Å². The zero-order valence-electron chi connectivity index (χ0n) is 20.5. The van der Waals surface area contributed by atoms with Crippen molar-refractivity contribution in [1.29, 1.82) is 0 Å². The maximum Gasteiger partial charge on any atom is 0.343 e. The van der Waals surface area contributed by atoms with Gasteiger partial charge < -0.3 is 24.4 Å². The number of halogens is 2. The second-order valence-electron chi connectivity index (χ2n) is 8.01. The molecule has 7 nitrogen and oxygen atoms in total. The topological polar surface area (TPSA) is 97.6 Å². The molecule has 35 heavy (non-hydrogen) atoms. The molecule has 0 unspecified atom stereocenters. The van der Waals surface area contributed by atoms with E-state index in [0.717, 1.165) is 0 Å². The van der Waals surface area contributed by atoms with Gasteiger partial charge in [-0.05, 0) is 36.1 Å². The highest BCUT2D eigenvalue weighted by Gasteiger charge is 2.23. The normalized spacial score (nSPS) is 13.1. The summed E-state index contributed by atoms with van der Waals surface area (Å²) in [7, 11) is 2.86. The predicted molar refractivity (Wildman–Crippen MR) is 134 cm³/mol. The Kier molecular flexibility index (Phi) is 10.5. The van der Waals surface area contributed by atoms with E-state index in [-0.39, 0.29) is 47.5 Å². The Labute approximate surface area is 209 Å². The molecule has 0 radical (unpaired) electrons. The third-order valence-corrected chi connectivity index (χ3v) is 5.66. The smallest absolute Gasteiger partial charge is 0.343 e. The van der Waals surface area contributed by atoms with E-state index in [2.05, 4.69) is 4.99 Å². The van der Waals surface area contributed by atoms with Crippen LogP contribution in [0.4, 0.5) is 4.39 Å². The molecular weight excluding hydrogens is 477 g/mol. The van der Waals surface area contributed by atoms with E-state index >= 15 is 0 Å². The number of rotatable bonds is 11. The van der Waals surface area contributed by atoms with Gasteiger partial charge >= 0.3 is 5.97 Å². The number of methoxy groups -OCH3 is 2. The number of aliphatic imine (C=N–C) groups is 1. The number of esters is 1. The molecule has 2 N–H and O–H groups in total. The van der Waals surface area contributed by atoms with Crippen LogP contribution >= 0.6 is 11.6 Å². The lowest BCUT2D eigenvalue weighted by Gasteiger charge is -2.17. The molecule has 0 aliphatic rings. The summed E-state index contributed by atoms with van der Waals surface area (Å²) >= 11 is 5.93. The summed E-state index contributed by atoms with van der Waals surface area (Å²) in [4.78, 5) is 17.0. The fraction of sp³-hybridized carbons (Fsp3) is 0.385. The van der Waals surface area contributed by atoms with Gasteiger partial charge in [-0.15, -0.1) is 0 Å². The van der Waals surface area contributed by atoms with Gasteiger partial charge in [0.25, 0.3) is 0 Å². The van der Waals surface area contributed by atoms with Crippen molar-refractivity contribution in [2.24, 2.45) is 10.9 Å². The van der Waals surface area contributed by atoms with Crippen molar-refractivity contribution in [2.45, 2.75) is 33.2 Å². The number of nitrogens with zero attached hydrogens (tertiary/aromatic N) is 1. The maximum atomic E-state index is 14.6. The molecule has 0 aromatic heterocycles.